The first kappa shape index (κ1) is 31.8. The van der Waals surface area contributed by atoms with E-state index >= 15 is 0 Å². The Labute approximate surface area is 252 Å². The SMILES string of the molecule is COc1ccc(S(=O)(=O)N(CC(=O)N(Cc2ccccc2F)[C@@H](C)C(=O)NC2CCCCC2)c2ccccc2)cc1OC. The normalized spacial score (nSPS) is 14.4. The summed E-state index contributed by atoms with van der Waals surface area (Å²) in [4.78, 5) is 28.5. The van der Waals surface area contributed by atoms with Crippen LogP contribution in [0.15, 0.2) is 77.7 Å². The first-order valence-corrected chi connectivity index (χ1v) is 15.7. The summed E-state index contributed by atoms with van der Waals surface area (Å²) in [6, 6.07) is 17.4. The van der Waals surface area contributed by atoms with E-state index in [0.29, 0.717) is 5.75 Å². The van der Waals surface area contributed by atoms with Gasteiger partial charge in [-0.3, -0.25) is 13.9 Å². The highest BCUT2D eigenvalue weighted by Crippen LogP contribution is 2.32. The summed E-state index contributed by atoms with van der Waals surface area (Å²) in [6.45, 7) is 0.729. The second kappa shape index (κ2) is 14.4. The minimum absolute atomic E-state index is 0.000334. The molecule has 43 heavy (non-hydrogen) atoms. The van der Waals surface area contributed by atoms with Crippen molar-refractivity contribution in [3.8, 4) is 11.5 Å². The van der Waals surface area contributed by atoms with Crippen molar-refractivity contribution in [2.45, 2.75) is 62.6 Å². The van der Waals surface area contributed by atoms with Crippen LogP contribution in [0.3, 0.4) is 0 Å². The summed E-state index contributed by atoms with van der Waals surface area (Å²) < 4.78 is 54.4. The van der Waals surface area contributed by atoms with Crippen molar-refractivity contribution in [2.75, 3.05) is 25.1 Å². The van der Waals surface area contributed by atoms with Crippen molar-refractivity contribution in [1.29, 1.82) is 0 Å². The third-order valence-corrected chi connectivity index (χ3v) is 9.45. The van der Waals surface area contributed by atoms with Crippen LogP contribution in [0.5, 0.6) is 11.5 Å². The summed E-state index contributed by atoms with van der Waals surface area (Å²) in [5.41, 5.74) is 0.456. The first-order valence-electron chi connectivity index (χ1n) is 14.3. The number of hydrogen-bond acceptors (Lipinski definition) is 6. The highest BCUT2D eigenvalue weighted by Gasteiger charge is 2.34. The van der Waals surface area contributed by atoms with E-state index in [1.165, 1.54) is 55.5 Å². The van der Waals surface area contributed by atoms with Crippen LogP contribution in [0.4, 0.5) is 10.1 Å². The number of carbonyl (C=O) groups is 2. The van der Waals surface area contributed by atoms with Crippen LogP contribution in [0.25, 0.3) is 0 Å². The van der Waals surface area contributed by atoms with Crippen LogP contribution in [0.2, 0.25) is 0 Å². The Morgan fingerprint density at radius 1 is 0.930 bits per heavy atom. The molecule has 0 heterocycles. The summed E-state index contributed by atoms with van der Waals surface area (Å²) in [5, 5.41) is 3.03. The molecule has 0 unspecified atom stereocenters. The highest BCUT2D eigenvalue weighted by molar-refractivity contribution is 7.92. The van der Waals surface area contributed by atoms with Crippen LogP contribution in [0, 0.1) is 5.82 Å². The number of amides is 2. The molecule has 3 aromatic rings. The lowest BCUT2D eigenvalue weighted by molar-refractivity contribution is -0.139. The predicted molar refractivity (Wildman–Crippen MR) is 162 cm³/mol. The smallest absolute Gasteiger partial charge is 0.264 e. The van der Waals surface area contributed by atoms with Gasteiger partial charge in [-0.1, -0.05) is 55.7 Å². The summed E-state index contributed by atoms with van der Waals surface area (Å²) in [6.07, 6.45) is 4.84. The second-order valence-corrected chi connectivity index (χ2v) is 12.4. The Balaban J connectivity index is 1.69. The molecule has 0 saturated heterocycles. The van der Waals surface area contributed by atoms with E-state index in [1.807, 2.05) is 0 Å². The summed E-state index contributed by atoms with van der Waals surface area (Å²) in [7, 11) is -1.48. The monoisotopic (exact) mass is 611 g/mol. The lowest BCUT2D eigenvalue weighted by Crippen LogP contribution is -2.53. The van der Waals surface area contributed by atoms with Gasteiger partial charge in [-0.2, -0.15) is 0 Å². The molecular formula is C32H38FN3O6S. The Morgan fingerprint density at radius 3 is 2.23 bits per heavy atom. The Bertz CT molecular complexity index is 1510. The Hall–Kier alpha value is -4.12. The molecule has 230 valence electrons. The lowest BCUT2D eigenvalue weighted by atomic mass is 9.95. The zero-order chi connectivity index (χ0) is 31.0. The fraction of sp³-hybridized carbons (Fsp3) is 0.375. The average molecular weight is 612 g/mol. The molecule has 1 saturated carbocycles. The number of rotatable bonds is 12. The second-order valence-electron chi connectivity index (χ2n) is 10.5. The van der Waals surface area contributed by atoms with E-state index in [2.05, 4.69) is 5.32 Å². The predicted octanol–water partition coefficient (Wildman–Crippen LogP) is 4.90. The summed E-state index contributed by atoms with van der Waals surface area (Å²) >= 11 is 0. The fourth-order valence-electron chi connectivity index (χ4n) is 5.19. The van der Waals surface area contributed by atoms with E-state index in [9.17, 15) is 22.4 Å². The quantitative estimate of drug-likeness (QED) is 0.312. The van der Waals surface area contributed by atoms with Crippen molar-refractivity contribution in [2.24, 2.45) is 0 Å². The lowest BCUT2D eigenvalue weighted by Gasteiger charge is -2.33. The number of ether oxygens (including phenoxy) is 2. The van der Waals surface area contributed by atoms with Crippen LogP contribution < -0.4 is 19.1 Å². The van der Waals surface area contributed by atoms with Crippen LogP contribution in [-0.2, 0) is 26.2 Å². The number of halogens is 1. The van der Waals surface area contributed by atoms with Gasteiger partial charge < -0.3 is 19.7 Å². The van der Waals surface area contributed by atoms with Gasteiger partial charge in [0.2, 0.25) is 11.8 Å². The summed E-state index contributed by atoms with van der Waals surface area (Å²) in [5.74, 6) is -1.01. The van der Waals surface area contributed by atoms with Gasteiger partial charge in [0.25, 0.3) is 10.0 Å². The maximum absolute atomic E-state index is 14.8. The number of nitrogens with one attached hydrogen (secondary N) is 1. The van der Waals surface area contributed by atoms with E-state index in [0.717, 1.165) is 36.4 Å². The van der Waals surface area contributed by atoms with Gasteiger partial charge in [-0.25, -0.2) is 12.8 Å². The molecule has 4 rings (SSSR count). The van der Waals surface area contributed by atoms with E-state index in [4.69, 9.17) is 9.47 Å². The number of benzene rings is 3. The minimum atomic E-state index is -4.31. The zero-order valence-electron chi connectivity index (χ0n) is 24.7. The molecule has 1 atom stereocenters. The molecule has 1 fully saturated rings. The number of hydrogen-bond donors (Lipinski definition) is 1. The van der Waals surface area contributed by atoms with Gasteiger partial charge in [0.15, 0.2) is 11.5 Å². The molecule has 2 amide bonds. The first-order chi connectivity index (χ1) is 20.6. The highest BCUT2D eigenvalue weighted by atomic mass is 32.2. The van der Waals surface area contributed by atoms with Crippen molar-refractivity contribution >= 4 is 27.5 Å². The molecule has 0 bridgehead atoms. The van der Waals surface area contributed by atoms with Crippen LogP contribution in [0.1, 0.15) is 44.6 Å². The molecule has 3 aromatic carbocycles. The number of para-hydroxylation sites is 1. The number of sulfonamides is 1. The van der Waals surface area contributed by atoms with Crippen molar-refractivity contribution < 1.29 is 31.9 Å². The molecule has 0 aliphatic heterocycles. The number of carbonyl (C=O) groups excluding carboxylic acids is 2. The number of anilines is 1. The zero-order valence-corrected chi connectivity index (χ0v) is 25.5. The largest absolute Gasteiger partial charge is 0.493 e. The maximum atomic E-state index is 14.8. The average Bonchev–Trinajstić information content (AvgIpc) is 3.03. The fourth-order valence-corrected chi connectivity index (χ4v) is 6.62. The van der Waals surface area contributed by atoms with Crippen molar-refractivity contribution in [1.82, 2.24) is 10.2 Å². The maximum Gasteiger partial charge on any atom is 0.264 e. The van der Waals surface area contributed by atoms with Crippen LogP contribution >= 0.6 is 0 Å². The van der Waals surface area contributed by atoms with Gasteiger partial charge in [-0.05, 0) is 50.1 Å². The molecule has 11 heteroatoms. The van der Waals surface area contributed by atoms with E-state index in [-0.39, 0.29) is 40.4 Å². The van der Waals surface area contributed by atoms with Crippen molar-refractivity contribution in [3.05, 3.63) is 84.2 Å². The van der Waals surface area contributed by atoms with Gasteiger partial charge in [0.05, 0.1) is 24.8 Å². The molecule has 1 N–H and O–H groups in total. The van der Waals surface area contributed by atoms with Crippen LogP contribution in [-0.4, -0.2) is 58.0 Å². The molecule has 9 nitrogen and oxygen atoms in total. The minimum Gasteiger partial charge on any atom is -0.493 e. The molecule has 1 aliphatic carbocycles. The van der Waals surface area contributed by atoms with Gasteiger partial charge >= 0.3 is 0 Å². The third-order valence-electron chi connectivity index (χ3n) is 7.68. The third kappa shape index (κ3) is 7.64. The molecule has 0 radical (unpaired) electrons. The Morgan fingerprint density at radius 2 is 1.58 bits per heavy atom. The van der Waals surface area contributed by atoms with Gasteiger partial charge in [0, 0.05) is 24.2 Å². The topological polar surface area (TPSA) is 105 Å². The van der Waals surface area contributed by atoms with E-state index in [1.54, 1.807) is 43.3 Å². The van der Waals surface area contributed by atoms with Gasteiger partial charge in [-0.15, -0.1) is 0 Å². The number of methoxy groups -OCH3 is 2. The molecular weight excluding hydrogens is 573 g/mol. The van der Waals surface area contributed by atoms with E-state index < -0.39 is 34.3 Å². The Kier molecular flexibility index (Phi) is 10.6. The molecule has 1 aliphatic rings. The van der Waals surface area contributed by atoms with Gasteiger partial charge in [0.1, 0.15) is 18.4 Å². The standard InChI is InChI=1S/C32H38FN3O6S/c1-23(32(38)34-25-13-6-4-7-14-25)35(21-24-12-10-11-17-28(24)33)31(37)22-36(26-15-8-5-9-16-26)43(39,40)27-18-19-29(41-2)30(20-27)42-3/h5,8-12,15-20,23,25H,4,6-7,13-14,21-22H2,1-3H3,(H,34,38)/t23-/m0/s1. The van der Waals surface area contributed by atoms with Crippen molar-refractivity contribution in [3.63, 3.8) is 0 Å². The molecule has 0 spiro atoms. The molecule has 0 aromatic heterocycles. The number of nitrogens with zero attached hydrogens (tertiary/aromatic N) is 2.